The topological polar surface area (TPSA) is 35.2 Å². The molecule has 1 aliphatic carbocycles. The fraction of sp³-hybridized carbons (Fsp3) is 0.571. The highest BCUT2D eigenvalue weighted by molar-refractivity contribution is 5.34. The van der Waals surface area contributed by atoms with Gasteiger partial charge in [0.25, 0.3) is 0 Å². The van der Waals surface area contributed by atoms with Crippen molar-refractivity contribution >= 4 is 0 Å². The third-order valence-electron chi connectivity index (χ3n) is 3.68. The highest BCUT2D eigenvalue weighted by Gasteiger charge is 2.25. The van der Waals surface area contributed by atoms with E-state index < -0.39 is 0 Å². The van der Waals surface area contributed by atoms with Crippen LogP contribution in [0.5, 0.6) is 5.75 Å². The molecule has 2 atom stereocenters. The predicted octanol–water partition coefficient (Wildman–Crippen LogP) is 3.21. The zero-order valence-corrected chi connectivity index (χ0v) is 10.3. The Kier molecular flexibility index (Phi) is 4.00. The molecular weight excluding hydrogens is 217 g/mol. The molecule has 17 heavy (non-hydrogen) atoms. The predicted molar refractivity (Wildman–Crippen MR) is 66.8 cm³/mol. The highest BCUT2D eigenvalue weighted by atomic mass is 19.1. The molecule has 0 saturated heterocycles. The fourth-order valence-corrected chi connectivity index (χ4v) is 2.69. The average Bonchev–Trinajstić information content (AvgIpc) is 2.55. The molecule has 0 aromatic heterocycles. The van der Waals surface area contributed by atoms with E-state index in [1.165, 1.54) is 13.5 Å². The molecule has 1 aromatic carbocycles. The van der Waals surface area contributed by atoms with E-state index in [1.54, 1.807) is 6.07 Å². The maximum Gasteiger partial charge on any atom is 0.168 e. The van der Waals surface area contributed by atoms with Gasteiger partial charge in [0.1, 0.15) is 0 Å². The minimum absolute atomic E-state index is 0.0686. The first-order valence-electron chi connectivity index (χ1n) is 6.32. The summed E-state index contributed by atoms with van der Waals surface area (Å²) in [5.74, 6) is 0.212. The van der Waals surface area contributed by atoms with Gasteiger partial charge in [0.2, 0.25) is 0 Å². The quantitative estimate of drug-likeness (QED) is 0.802. The summed E-state index contributed by atoms with van der Waals surface area (Å²) in [4.78, 5) is 0. The minimum Gasteiger partial charge on any atom is -0.494 e. The molecule has 0 heterocycles. The third kappa shape index (κ3) is 2.60. The number of hydrogen-bond donors (Lipinski definition) is 1. The smallest absolute Gasteiger partial charge is 0.168 e. The van der Waals surface area contributed by atoms with Crippen LogP contribution in [0.2, 0.25) is 0 Å². The van der Waals surface area contributed by atoms with Crippen molar-refractivity contribution in [1.29, 1.82) is 0 Å². The summed E-state index contributed by atoms with van der Waals surface area (Å²) >= 11 is 0. The van der Waals surface area contributed by atoms with Gasteiger partial charge in [-0.15, -0.1) is 0 Å². The van der Waals surface area contributed by atoms with E-state index in [2.05, 4.69) is 0 Å². The van der Waals surface area contributed by atoms with E-state index in [0.717, 1.165) is 31.2 Å². The number of rotatable bonds is 2. The summed E-state index contributed by atoms with van der Waals surface area (Å²) in [5.41, 5.74) is 6.89. The molecule has 0 spiro atoms. The van der Waals surface area contributed by atoms with Crippen LogP contribution in [0.15, 0.2) is 18.2 Å². The van der Waals surface area contributed by atoms with Gasteiger partial charge in [0.05, 0.1) is 7.11 Å². The number of hydrogen-bond acceptors (Lipinski definition) is 2. The van der Waals surface area contributed by atoms with E-state index in [-0.39, 0.29) is 17.8 Å². The van der Waals surface area contributed by atoms with Crippen LogP contribution in [0.25, 0.3) is 0 Å². The normalized spacial score (nSPS) is 25.4. The van der Waals surface area contributed by atoms with Crippen LogP contribution < -0.4 is 10.5 Å². The first-order chi connectivity index (χ1) is 8.24. The molecule has 1 aromatic rings. The largest absolute Gasteiger partial charge is 0.494 e. The Hall–Kier alpha value is -1.09. The van der Waals surface area contributed by atoms with E-state index in [0.29, 0.717) is 5.75 Å². The van der Waals surface area contributed by atoms with Crippen LogP contribution in [0.1, 0.15) is 43.6 Å². The Morgan fingerprint density at radius 1 is 1.24 bits per heavy atom. The van der Waals surface area contributed by atoms with Gasteiger partial charge in [0.15, 0.2) is 11.6 Å². The number of halogens is 1. The Labute approximate surface area is 102 Å². The van der Waals surface area contributed by atoms with Crippen molar-refractivity contribution in [2.24, 2.45) is 5.73 Å². The molecule has 2 nitrogen and oxygen atoms in total. The van der Waals surface area contributed by atoms with Crippen molar-refractivity contribution in [2.75, 3.05) is 7.11 Å². The lowest BCUT2D eigenvalue weighted by Crippen LogP contribution is -2.28. The van der Waals surface area contributed by atoms with Crippen molar-refractivity contribution < 1.29 is 9.13 Å². The van der Waals surface area contributed by atoms with Crippen LogP contribution in [-0.2, 0) is 0 Å². The lowest BCUT2D eigenvalue weighted by molar-refractivity contribution is 0.378. The molecule has 0 bridgehead atoms. The van der Waals surface area contributed by atoms with Crippen LogP contribution in [-0.4, -0.2) is 13.2 Å². The second kappa shape index (κ2) is 5.50. The molecule has 1 aliphatic rings. The Morgan fingerprint density at radius 2 is 2.00 bits per heavy atom. The first kappa shape index (κ1) is 12.4. The fourth-order valence-electron chi connectivity index (χ4n) is 2.69. The van der Waals surface area contributed by atoms with Crippen molar-refractivity contribution in [1.82, 2.24) is 0 Å². The average molecular weight is 237 g/mol. The molecule has 3 heteroatoms. The Bertz CT molecular complexity index is 380. The van der Waals surface area contributed by atoms with Gasteiger partial charge in [-0.05, 0) is 24.5 Å². The maximum absolute atomic E-state index is 14.2. The molecular formula is C14H20FNO. The highest BCUT2D eigenvalue weighted by Crippen LogP contribution is 2.34. The van der Waals surface area contributed by atoms with Crippen molar-refractivity contribution in [3.8, 4) is 5.75 Å². The zero-order chi connectivity index (χ0) is 12.3. The van der Waals surface area contributed by atoms with Crippen LogP contribution >= 0.6 is 0 Å². The summed E-state index contributed by atoms with van der Waals surface area (Å²) in [6, 6.07) is 5.41. The summed E-state index contributed by atoms with van der Waals surface area (Å²) in [5, 5.41) is 0. The number of methoxy groups -OCH3 is 1. The molecule has 2 N–H and O–H groups in total. The van der Waals surface area contributed by atoms with Crippen molar-refractivity contribution in [2.45, 2.75) is 44.1 Å². The summed E-state index contributed by atoms with van der Waals surface area (Å²) in [7, 11) is 1.50. The van der Waals surface area contributed by atoms with Crippen LogP contribution in [0.3, 0.4) is 0 Å². The van der Waals surface area contributed by atoms with Gasteiger partial charge in [-0.2, -0.15) is 0 Å². The second-order valence-electron chi connectivity index (χ2n) is 4.77. The van der Waals surface area contributed by atoms with Gasteiger partial charge in [-0.25, -0.2) is 4.39 Å². The maximum atomic E-state index is 14.2. The van der Waals surface area contributed by atoms with Gasteiger partial charge in [-0.1, -0.05) is 31.4 Å². The molecule has 0 radical (unpaired) electrons. The summed E-state index contributed by atoms with van der Waals surface area (Å²) in [6.45, 7) is 0. The lowest BCUT2D eigenvalue weighted by Gasteiger charge is -2.22. The van der Waals surface area contributed by atoms with Crippen molar-refractivity contribution in [3.63, 3.8) is 0 Å². The van der Waals surface area contributed by atoms with Gasteiger partial charge < -0.3 is 10.5 Å². The van der Waals surface area contributed by atoms with E-state index in [9.17, 15) is 4.39 Å². The van der Waals surface area contributed by atoms with Crippen LogP contribution in [0.4, 0.5) is 4.39 Å². The third-order valence-corrected chi connectivity index (χ3v) is 3.68. The van der Waals surface area contributed by atoms with Crippen molar-refractivity contribution in [3.05, 3.63) is 29.6 Å². The number of ether oxygens (including phenoxy) is 1. The zero-order valence-electron chi connectivity index (χ0n) is 10.3. The Morgan fingerprint density at radius 3 is 2.76 bits per heavy atom. The molecule has 1 fully saturated rings. The van der Waals surface area contributed by atoms with E-state index in [1.807, 2.05) is 12.1 Å². The van der Waals surface area contributed by atoms with Gasteiger partial charge in [-0.3, -0.25) is 0 Å². The lowest BCUT2D eigenvalue weighted by atomic mass is 9.87. The van der Waals surface area contributed by atoms with Crippen LogP contribution in [0, 0.1) is 5.82 Å². The van der Waals surface area contributed by atoms with E-state index in [4.69, 9.17) is 10.5 Å². The second-order valence-corrected chi connectivity index (χ2v) is 4.77. The number of benzene rings is 1. The summed E-state index contributed by atoms with van der Waals surface area (Å²) < 4.78 is 19.2. The molecule has 2 unspecified atom stereocenters. The molecule has 1 saturated carbocycles. The molecule has 0 aliphatic heterocycles. The monoisotopic (exact) mass is 237 g/mol. The number of nitrogens with two attached hydrogens (primary N) is 1. The van der Waals surface area contributed by atoms with E-state index >= 15 is 0 Å². The first-order valence-corrected chi connectivity index (χ1v) is 6.32. The molecule has 0 amide bonds. The summed E-state index contributed by atoms with van der Waals surface area (Å²) in [6.07, 6.45) is 5.46. The van der Waals surface area contributed by atoms with Gasteiger partial charge in [0, 0.05) is 12.0 Å². The van der Waals surface area contributed by atoms with Gasteiger partial charge >= 0.3 is 0 Å². The standard InChI is InChI=1S/C14H20FNO/c1-17-13-9-5-7-11(14(13)15)10-6-3-2-4-8-12(10)16/h5,7,9-10,12H,2-4,6,8,16H2,1H3. The molecule has 94 valence electrons. The molecule has 2 rings (SSSR count). The minimum atomic E-state index is -0.239. The Balaban J connectivity index is 2.31. The SMILES string of the molecule is COc1cccc(C2CCCCCC2N)c1F.